The lowest BCUT2D eigenvalue weighted by atomic mass is 9.85. The Labute approximate surface area is 122 Å². The zero-order chi connectivity index (χ0) is 15.2. The molecule has 6 nitrogen and oxygen atoms in total. The van der Waals surface area contributed by atoms with Crippen LogP contribution in [0.4, 0.5) is 4.79 Å². The quantitative estimate of drug-likeness (QED) is 0.824. The van der Waals surface area contributed by atoms with Crippen LogP contribution in [0.1, 0.15) is 30.9 Å². The van der Waals surface area contributed by atoms with E-state index in [0.717, 1.165) is 19.3 Å². The Kier molecular flexibility index (Phi) is 4.92. The Morgan fingerprint density at radius 2 is 1.86 bits per heavy atom. The number of esters is 1. The van der Waals surface area contributed by atoms with Crippen LogP contribution in [0, 0.1) is 5.92 Å². The molecule has 1 fully saturated rings. The van der Waals surface area contributed by atoms with Gasteiger partial charge in [-0.05, 0) is 12.8 Å². The minimum atomic E-state index is -1.11. The van der Waals surface area contributed by atoms with Gasteiger partial charge in [0.05, 0.1) is 5.92 Å². The lowest BCUT2D eigenvalue weighted by Crippen LogP contribution is -2.42. The molecule has 0 saturated heterocycles. The highest BCUT2D eigenvalue weighted by Gasteiger charge is 2.32. The fourth-order valence-corrected chi connectivity index (χ4v) is 2.00. The summed E-state index contributed by atoms with van der Waals surface area (Å²) in [5, 5.41) is 4.43. The van der Waals surface area contributed by atoms with Gasteiger partial charge in [0.25, 0.3) is 5.91 Å². The zero-order valence-electron chi connectivity index (χ0n) is 11.8. The van der Waals surface area contributed by atoms with Gasteiger partial charge >= 0.3 is 12.0 Å². The van der Waals surface area contributed by atoms with E-state index in [1.165, 1.54) is 7.05 Å². The van der Waals surface area contributed by atoms with E-state index in [4.69, 9.17) is 4.74 Å². The smallest absolute Gasteiger partial charge is 0.321 e. The number of hydrogen-bond acceptors (Lipinski definition) is 4. The fourth-order valence-electron chi connectivity index (χ4n) is 2.00. The Hall–Kier alpha value is -2.37. The topological polar surface area (TPSA) is 84.5 Å². The van der Waals surface area contributed by atoms with Crippen molar-refractivity contribution in [3.8, 4) is 0 Å². The molecule has 1 atom stereocenters. The van der Waals surface area contributed by atoms with Gasteiger partial charge in [-0.25, -0.2) is 4.79 Å². The Morgan fingerprint density at radius 1 is 1.19 bits per heavy atom. The van der Waals surface area contributed by atoms with Crippen molar-refractivity contribution in [1.82, 2.24) is 10.6 Å². The predicted molar refractivity (Wildman–Crippen MR) is 75.2 cm³/mol. The molecule has 3 amide bonds. The summed E-state index contributed by atoms with van der Waals surface area (Å²) in [5.74, 6) is -1.18. The molecular weight excluding hydrogens is 272 g/mol. The van der Waals surface area contributed by atoms with Crippen LogP contribution in [0.25, 0.3) is 0 Å². The first kappa shape index (κ1) is 15.0. The lowest BCUT2D eigenvalue weighted by molar-refractivity contribution is -0.162. The van der Waals surface area contributed by atoms with Gasteiger partial charge < -0.3 is 10.1 Å². The van der Waals surface area contributed by atoms with Crippen molar-refractivity contribution in [3.05, 3.63) is 35.9 Å². The van der Waals surface area contributed by atoms with Crippen LogP contribution in [0.15, 0.2) is 30.3 Å². The summed E-state index contributed by atoms with van der Waals surface area (Å²) in [5.41, 5.74) is 0.534. The molecule has 0 bridgehead atoms. The molecule has 2 N–H and O–H groups in total. The summed E-state index contributed by atoms with van der Waals surface area (Å²) in [6, 6.07) is 8.01. The Bertz CT molecular complexity index is 526. The lowest BCUT2D eigenvalue weighted by Gasteiger charge is -2.26. The van der Waals surface area contributed by atoms with Gasteiger partial charge in [0, 0.05) is 12.6 Å². The van der Waals surface area contributed by atoms with Crippen molar-refractivity contribution >= 4 is 17.9 Å². The zero-order valence-corrected chi connectivity index (χ0v) is 11.8. The summed E-state index contributed by atoms with van der Waals surface area (Å²) in [7, 11) is 1.40. The van der Waals surface area contributed by atoms with Crippen molar-refractivity contribution in [1.29, 1.82) is 0 Å². The van der Waals surface area contributed by atoms with Crippen molar-refractivity contribution in [3.63, 3.8) is 0 Å². The van der Waals surface area contributed by atoms with Crippen LogP contribution < -0.4 is 10.6 Å². The highest BCUT2D eigenvalue weighted by molar-refractivity contribution is 5.97. The number of rotatable bonds is 4. The molecule has 0 spiro atoms. The molecular formula is C15H18N2O4. The average molecular weight is 290 g/mol. The monoisotopic (exact) mass is 290 g/mol. The maximum atomic E-state index is 12.1. The second-order valence-electron chi connectivity index (χ2n) is 4.92. The highest BCUT2D eigenvalue weighted by Crippen LogP contribution is 2.30. The van der Waals surface area contributed by atoms with Gasteiger partial charge in [-0.15, -0.1) is 0 Å². The van der Waals surface area contributed by atoms with Gasteiger partial charge in [-0.3, -0.25) is 14.9 Å². The molecule has 0 aliphatic heterocycles. The minimum Gasteiger partial charge on any atom is -0.447 e. The fraction of sp³-hybridized carbons (Fsp3) is 0.400. The third-order valence-corrected chi connectivity index (χ3v) is 3.48. The summed E-state index contributed by atoms with van der Waals surface area (Å²) >= 11 is 0. The van der Waals surface area contributed by atoms with E-state index in [9.17, 15) is 14.4 Å². The van der Waals surface area contributed by atoms with Crippen molar-refractivity contribution in [2.24, 2.45) is 5.92 Å². The van der Waals surface area contributed by atoms with Crippen LogP contribution in [-0.2, 0) is 14.3 Å². The van der Waals surface area contributed by atoms with Crippen molar-refractivity contribution in [2.45, 2.75) is 25.4 Å². The maximum absolute atomic E-state index is 12.1. The second kappa shape index (κ2) is 6.88. The first-order chi connectivity index (χ1) is 10.1. The molecule has 0 aromatic heterocycles. The van der Waals surface area contributed by atoms with Crippen LogP contribution in [-0.4, -0.2) is 25.0 Å². The van der Waals surface area contributed by atoms with Crippen molar-refractivity contribution < 1.29 is 19.1 Å². The largest absolute Gasteiger partial charge is 0.447 e. The van der Waals surface area contributed by atoms with Crippen LogP contribution in [0.2, 0.25) is 0 Å². The van der Waals surface area contributed by atoms with Crippen LogP contribution in [0.5, 0.6) is 0 Å². The minimum absolute atomic E-state index is 0.135. The number of imide groups is 1. The first-order valence-corrected chi connectivity index (χ1v) is 6.90. The molecule has 1 aromatic carbocycles. The molecule has 0 heterocycles. The maximum Gasteiger partial charge on any atom is 0.321 e. The highest BCUT2D eigenvalue weighted by atomic mass is 16.5. The molecule has 0 radical (unpaired) electrons. The van der Waals surface area contributed by atoms with E-state index >= 15 is 0 Å². The van der Waals surface area contributed by atoms with Gasteiger partial charge in [0.2, 0.25) is 6.10 Å². The Morgan fingerprint density at radius 3 is 2.38 bits per heavy atom. The first-order valence-electron chi connectivity index (χ1n) is 6.90. The van der Waals surface area contributed by atoms with Gasteiger partial charge in [-0.2, -0.15) is 0 Å². The number of hydrogen-bond donors (Lipinski definition) is 2. The van der Waals surface area contributed by atoms with E-state index in [2.05, 4.69) is 10.6 Å². The number of carbonyl (C=O) groups excluding carboxylic acids is 3. The van der Waals surface area contributed by atoms with E-state index in [0.29, 0.717) is 5.56 Å². The molecule has 21 heavy (non-hydrogen) atoms. The molecule has 0 unspecified atom stereocenters. The molecule has 112 valence electrons. The van der Waals surface area contributed by atoms with Crippen LogP contribution in [0.3, 0.4) is 0 Å². The van der Waals surface area contributed by atoms with E-state index < -0.39 is 18.0 Å². The summed E-state index contributed by atoms with van der Waals surface area (Å²) in [6.07, 6.45) is 1.46. The van der Waals surface area contributed by atoms with Gasteiger partial charge in [0.15, 0.2) is 0 Å². The molecule has 1 aliphatic carbocycles. The third-order valence-electron chi connectivity index (χ3n) is 3.48. The molecule has 1 saturated carbocycles. The number of amides is 3. The molecule has 2 rings (SSSR count). The number of urea groups is 1. The second-order valence-corrected chi connectivity index (χ2v) is 4.92. The standard InChI is InChI=1S/C15H18N2O4/c1-16-15(20)17-13(18)12(10-6-3-2-4-7-10)21-14(19)11-8-5-9-11/h2-4,6-7,11-12H,5,8-9H2,1H3,(H2,16,17,18,20)/t12-/m0/s1. The molecule has 6 heteroatoms. The van der Waals surface area contributed by atoms with Crippen LogP contribution >= 0.6 is 0 Å². The van der Waals surface area contributed by atoms with Gasteiger partial charge in [-0.1, -0.05) is 36.8 Å². The van der Waals surface area contributed by atoms with E-state index in [-0.39, 0.29) is 11.9 Å². The average Bonchev–Trinajstić information content (AvgIpc) is 2.43. The number of benzene rings is 1. The van der Waals surface area contributed by atoms with Gasteiger partial charge in [0.1, 0.15) is 0 Å². The molecule has 1 aromatic rings. The third kappa shape index (κ3) is 3.81. The summed E-state index contributed by atoms with van der Waals surface area (Å²) < 4.78 is 5.32. The molecule has 1 aliphatic rings. The van der Waals surface area contributed by atoms with E-state index in [1.807, 2.05) is 0 Å². The number of nitrogens with one attached hydrogen (secondary N) is 2. The SMILES string of the molecule is CNC(=O)NC(=O)[C@@H](OC(=O)C1CCC1)c1ccccc1. The number of ether oxygens (including phenoxy) is 1. The van der Waals surface area contributed by atoms with E-state index in [1.54, 1.807) is 30.3 Å². The Balaban J connectivity index is 2.11. The normalized spacial score (nSPS) is 15.5. The predicted octanol–water partition coefficient (Wildman–Crippen LogP) is 1.53. The number of carbonyl (C=O) groups is 3. The summed E-state index contributed by atoms with van der Waals surface area (Å²) in [4.78, 5) is 35.4. The summed E-state index contributed by atoms with van der Waals surface area (Å²) in [6.45, 7) is 0. The van der Waals surface area contributed by atoms with Crippen molar-refractivity contribution in [2.75, 3.05) is 7.05 Å².